The van der Waals surface area contributed by atoms with Crippen LogP contribution in [0.1, 0.15) is 62.3 Å². The molecular weight excluding hydrogens is 365 g/mol. The quantitative estimate of drug-likeness (QED) is 0.549. The zero-order valence-electron chi connectivity index (χ0n) is 16.4. The summed E-state index contributed by atoms with van der Waals surface area (Å²) in [4.78, 5) is 0. The number of fused-ring (bicyclic) bond motifs is 2. The maximum Gasteiger partial charge on any atom is 0.416 e. The maximum absolute atomic E-state index is 13.2. The van der Waals surface area contributed by atoms with Crippen LogP contribution in [0.4, 0.5) is 13.2 Å². The zero-order chi connectivity index (χ0) is 20.3. The van der Waals surface area contributed by atoms with E-state index < -0.39 is 22.9 Å². The standard InChI is InChI=1S/C23H23F3O2/c1-21(2)9-8-15-11-17-18(14-6-5-7-16(10-14)23(24,25)26)13-22(3,4)28-20(17)12-19(15)27-21/h5-12,18H,13H2,1-4H3. The highest BCUT2D eigenvalue weighted by molar-refractivity contribution is 5.66. The van der Waals surface area contributed by atoms with Gasteiger partial charge in [-0.25, -0.2) is 0 Å². The number of hydrogen-bond acceptors (Lipinski definition) is 2. The first-order chi connectivity index (χ1) is 12.9. The Bertz CT molecular complexity index is 955. The molecule has 0 N–H and O–H groups in total. The fraction of sp³-hybridized carbons (Fsp3) is 0.391. The number of alkyl halides is 3. The van der Waals surface area contributed by atoms with Gasteiger partial charge in [0.15, 0.2) is 0 Å². The predicted molar refractivity (Wildman–Crippen MR) is 103 cm³/mol. The third-order valence-corrected chi connectivity index (χ3v) is 5.25. The Kier molecular flexibility index (Phi) is 4.07. The summed E-state index contributed by atoms with van der Waals surface area (Å²) in [6.07, 6.45) is 0.213. The first-order valence-corrected chi connectivity index (χ1v) is 9.36. The molecule has 2 aromatic rings. The minimum Gasteiger partial charge on any atom is -0.487 e. The first-order valence-electron chi connectivity index (χ1n) is 9.36. The van der Waals surface area contributed by atoms with Gasteiger partial charge in [0.05, 0.1) is 5.56 Å². The van der Waals surface area contributed by atoms with E-state index in [0.29, 0.717) is 17.7 Å². The van der Waals surface area contributed by atoms with Crippen molar-refractivity contribution in [2.24, 2.45) is 0 Å². The molecule has 28 heavy (non-hydrogen) atoms. The lowest BCUT2D eigenvalue weighted by atomic mass is 9.79. The van der Waals surface area contributed by atoms with Crippen molar-refractivity contribution in [2.75, 3.05) is 0 Å². The highest BCUT2D eigenvalue weighted by Crippen LogP contribution is 2.48. The molecule has 148 valence electrons. The van der Waals surface area contributed by atoms with Crippen molar-refractivity contribution in [3.63, 3.8) is 0 Å². The van der Waals surface area contributed by atoms with Crippen LogP contribution in [-0.2, 0) is 6.18 Å². The molecule has 0 spiro atoms. The second kappa shape index (κ2) is 6.03. The normalized spacial score (nSPS) is 21.9. The number of rotatable bonds is 1. The Morgan fingerprint density at radius 1 is 0.964 bits per heavy atom. The Balaban J connectivity index is 1.83. The van der Waals surface area contributed by atoms with Gasteiger partial charge in [0.25, 0.3) is 0 Å². The monoisotopic (exact) mass is 388 g/mol. The van der Waals surface area contributed by atoms with Crippen LogP contribution in [-0.4, -0.2) is 11.2 Å². The molecule has 0 saturated heterocycles. The van der Waals surface area contributed by atoms with Crippen molar-refractivity contribution >= 4 is 6.08 Å². The van der Waals surface area contributed by atoms with Gasteiger partial charge in [-0.3, -0.25) is 0 Å². The molecule has 0 aliphatic carbocycles. The number of ether oxygens (including phenoxy) is 2. The molecule has 4 rings (SSSR count). The lowest BCUT2D eigenvalue weighted by molar-refractivity contribution is -0.137. The minimum atomic E-state index is -4.36. The molecule has 0 amide bonds. The Labute approximate surface area is 163 Å². The summed E-state index contributed by atoms with van der Waals surface area (Å²) in [6, 6.07) is 9.46. The average molecular weight is 388 g/mol. The van der Waals surface area contributed by atoms with Gasteiger partial charge < -0.3 is 9.47 Å². The van der Waals surface area contributed by atoms with E-state index in [2.05, 4.69) is 0 Å². The molecule has 0 bridgehead atoms. The van der Waals surface area contributed by atoms with E-state index in [9.17, 15) is 13.2 Å². The fourth-order valence-electron chi connectivity index (χ4n) is 3.95. The summed E-state index contributed by atoms with van der Waals surface area (Å²) in [6.45, 7) is 7.87. The largest absolute Gasteiger partial charge is 0.487 e. The third-order valence-electron chi connectivity index (χ3n) is 5.25. The Morgan fingerprint density at radius 3 is 2.43 bits per heavy atom. The molecule has 0 aromatic heterocycles. The van der Waals surface area contributed by atoms with Gasteiger partial charge in [-0.15, -0.1) is 0 Å². The molecule has 2 aliphatic rings. The van der Waals surface area contributed by atoms with Crippen molar-refractivity contribution in [3.05, 3.63) is 64.7 Å². The van der Waals surface area contributed by atoms with Gasteiger partial charge in [0, 0.05) is 23.1 Å². The van der Waals surface area contributed by atoms with Crippen molar-refractivity contribution in [1.82, 2.24) is 0 Å². The summed E-state index contributed by atoms with van der Waals surface area (Å²) in [7, 11) is 0. The summed E-state index contributed by atoms with van der Waals surface area (Å²) in [5.41, 5.74) is 0.919. The predicted octanol–water partition coefficient (Wildman–Crippen LogP) is 6.58. The summed E-state index contributed by atoms with van der Waals surface area (Å²) >= 11 is 0. The Hall–Kier alpha value is -2.43. The van der Waals surface area contributed by atoms with E-state index in [1.165, 1.54) is 12.1 Å². The lowest BCUT2D eigenvalue weighted by Crippen LogP contribution is -2.35. The van der Waals surface area contributed by atoms with E-state index in [-0.39, 0.29) is 5.92 Å². The van der Waals surface area contributed by atoms with Crippen LogP contribution in [0, 0.1) is 0 Å². The smallest absolute Gasteiger partial charge is 0.416 e. The highest BCUT2D eigenvalue weighted by atomic mass is 19.4. The number of hydrogen-bond donors (Lipinski definition) is 0. The van der Waals surface area contributed by atoms with Crippen LogP contribution in [0.25, 0.3) is 6.08 Å². The minimum absolute atomic E-state index is 0.185. The molecule has 2 nitrogen and oxygen atoms in total. The second-order valence-corrected chi connectivity index (χ2v) is 8.71. The summed E-state index contributed by atoms with van der Waals surface area (Å²) < 4.78 is 51.9. The number of benzene rings is 2. The Morgan fingerprint density at radius 2 is 1.71 bits per heavy atom. The van der Waals surface area contributed by atoms with Crippen LogP contribution < -0.4 is 9.47 Å². The maximum atomic E-state index is 13.2. The molecule has 1 unspecified atom stereocenters. The molecule has 0 radical (unpaired) electrons. The van der Waals surface area contributed by atoms with E-state index in [0.717, 1.165) is 22.9 Å². The lowest BCUT2D eigenvalue weighted by Gasteiger charge is -2.39. The van der Waals surface area contributed by atoms with Gasteiger partial charge in [0.1, 0.15) is 22.7 Å². The van der Waals surface area contributed by atoms with Crippen LogP contribution in [0.2, 0.25) is 0 Å². The molecular formula is C23H23F3O2. The molecule has 1 atom stereocenters. The summed E-state index contributed by atoms with van der Waals surface area (Å²) in [5.74, 6) is 1.21. The van der Waals surface area contributed by atoms with Crippen molar-refractivity contribution < 1.29 is 22.6 Å². The molecule has 0 fully saturated rings. The van der Waals surface area contributed by atoms with Crippen LogP contribution >= 0.6 is 0 Å². The second-order valence-electron chi connectivity index (χ2n) is 8.71. The van der Waals surface area contributed by atoms with Crippen molar-refractivity contribution in [1.29, 1.82) is 0 Å². The van der Waals surface area contributed by atoms with Gasteiger partial charge in [-0.2, -0.15) is 13.2 Å². The van der Waals surface area contributed by atoms with Crippen molar-refractivity contribution in [2.45, 2.75) is 57.4 Å². The molecule has 2 aliphatic heterocycles. The first kappa shape index (κ1) is 18.9. The SMILES string of the molecule is CC1(C)C=Cc2cc3c(cc2O1)OC(C)(C)CC3c1cccc(C(F)(F)F)c1. The topological polar surface area (TPSA) is 18.5 Å². The van der Waals surface area contributed by atoms with Crippen molar-refractivity contribution in [3.8, 4) is 11.5 Å². The highest BCUT2D eigenvalue weighted by Gasteiger charge is 2.38. The fourth-order valence-corrected chi connectivity index (χ4v) is 3.95. The van der Waals surface area contributed by atoms with Gasteiger partial charge in [-0.1, -0.05) is 24.3 Å². The van der Waals surface area contributed by atoms with Gasteiger partial charge >= 0.3 is 6.18 Å². The van der Waals surface area contributed by atoms with Crippen LogP contribution in [0.3, 0.4) is 0 Å². The van der Waals surface area contributed by atoms with E-state index in [4.69, 9.17) is 9.47 Å². The van der Waals surface area contributed by atoms with Crippen LogP contribution in [0.5, 0.6) is 11.5 Å². The molecule has 5 heteroatoms. The molecule has 2 aromatic carbocycles. The zero-order valence-corrected chi connectivity index (χ0v) is 16.4. The van der Waals surface area contributed by atoms with Gasteiger partial charge in [-0.05, 0) is 57.9 Å². The molecule has 2 heterocycles. The average Bonchev–Trinajstić information content (AvgIpc) is 2.57. The van der Waals surface area contributed by atoms with E-state index >= 15 is 0 Å². The van der Waals surface area contributed by atoms with Gasteiger partial charge in [0.2, 0.25) is 0 Å². The van der Waals surface area contributed by atoms with E-state index in [1.54, 1.807) is 6.07 Å². The third kappa shape index (κ3) is 3.50. The van der Waals surface area contributed by atoms with E-state index in [1.807, 2.05) is 52.0 Å². The molecule has 0 saturated carbocycles. The number of halogens is 3. The van der Waals surface area contributed by atoms with Crippen LogP contribution in [0.15, 0.2) is 42.5 Å². The summed E-state index contributed by atoms with van der Waals surface area (Å²) in [5, 5.41) is 0.